The molecule has 0 spiro atoms. The van der Waals surface area contributed by atoms with Crippen molar-refractivity contribution in [1.82, 2.24) is 9.80 Å². The second-order valence-corrected chi connectivity index (χ2v) is 7.37. The number of nitrogens with two attached hydrogens (primary N) is 1. The lowest BCUT2D eigenvalue weighted by Gasteiger charge is -2.34. The van der Waals surface area contributed by atoms with E-state index in [0.717, 1.165) is 36.8 Å². The number of likely N-dealkylation sites (tertiary alicyclic amines) is 1. The Morgan fingerprint density at radius 1 is 1.10 bits per heavy atom. The molecule has 0 unspecified atom stereocenters. The Kier molecular flexibility index (Phi) is 9.69. The molecule has 1 aliphatic heterocycles. The predicted molar refractivity (Wildman–Crippen MR) is 132 cm³/mol. The minimum Gasteiger partial charge on any atom is -0.457 e. The van der Waals surface area contributed by atoms with Gasteiger partial charge in [0.05, 0.1) is 6.54 Å². The van der Waals surface area contributed by atoms with Crippen molar-refractivity contribution < 1.29 is 4.74 Å². The number of halogens is 1. The highest BCUT2D eigenvalue weighted by Gasteiger charge is 2.19. The van der Waals surface area contributed by atoms with E-state index in [1.165, 1.54) is 12.8 Å². The van der Waals surface area contributed by atoms with Gasteiger partial charge in [0.1, 0.15) is 11.5 Å². The number of ether oxygens (including phenoxy) is 1. The van der Waals surface area contributed by atoms with Gasteiger partial charge < -0.3 is 25.6 Å². The minimum absolute atomic E-state index is 0. The van der Waals surface area contributed by atoms with Crippen LogP contribution in [0.1, 0.15) is 12.8 Å². The highest BCUT2D eigenvalue weighted by Crippen LogP contribution is 2.23. The van der Waals surface area contributed by atoms with Crippen LogP contribution in [0.15, 0.2) is 59.6 Å². The van der Waals surface area contributed by atoms with E-state index in [4.69, 9.17) is 10.5 Å². The first-order valence-electron chi connectivity index (χ1n) is 9.89. The first-order chi connectivity index (χ1) is 13.6. The zero-order chi connectivity index (χ0) is 19.8. The van der Waals surface area contributed by atoms with Crippen LogP contribution in [0.25, 0.3) is 0 Å². The van der Waals surface area contributed by atoms with Crippen molar-refractivity contribution >= 4 is 35.6 Å². The molecule has 2 aromatic rings. The summed E-state index contributed by atoms with van der Waals surface area (Å²) < 4.78 is 5.86. The molecule has 0 aliphatic carbocycles. The van der Waals surface area contributed by atoms with E-state index in [-0.39, 0.29) is 24.0 Å². The minimum atomic E-state index is 0. The van der Waals surface area contributed by atoms with Crippen LogP contribution in [0.5, 0.6) is 11.5 Å². The summed E-state index contributed by atoms with van der Waals surface area (Å²) in [5.41, 5.74) is 6.92. The van der Waals surface area contributed by atoms with Gasteiger partial charge in [0, 0.05) is 24.3 Å². The molecule has 0 amide bonds. The van der Waals surface area contributed by atoms with Crippen LogP contribution < -0.4 is 15.8 Å². The van der Waals surface area contributed by atoms with Crippen LogP contribution in [0.2, 0.25) is 0 Å². The number of nitrogens with one attached hydrogen (secondary N) is 1. The number of anilines is 1. The van der Waals surface area contributed by atoms with Crippen molar-refractivity contribution in [3.63, 3.8) is 0 Å². The molecule has 158 valence electrons. The van der Waals surface area contributed by atoms with E-state index in [1.807, 2.05) is 54.6 Å². The number of piperidine rings is 1. The summed E-state index contributed by atoms with van der Waals surface area (Å²) >= 11 is 0. The first kappa shape index (κ1) is 23.4. The van der Waals surface area contributed by atoms with Gasteiger partial charge in [0.15, 0.2) is 5.96 Å². The zero-order valence-corrected chi connectivity index (χ0v) is 19.6. The van der Waals surface area contributed by atoms with E-state index < -0.39 is 0 Å². The van der Waals surface area contributed by atoms with Gasteiger partial charge in [0.2, 0.25) is 0 Å². The van der Waals surface area contributed by atoms with Gasteiger partial charge in [-0.25, -0.2) is 0 Å². The Balaban J connectivity index is 0.00000300. The van der Waals surface area contributed by atoms with Crippen molar-refractivity contribution in [3.8, 4) is 11.5 Å². The highest BCUT2D eigenvalue weighted by molar-refractivity contribution is 14.0. The topological polar surface area (TPSA) is 66.1 Å². The fourth-order valence-electron chi connectivity index (χ4n) is 3.42. The molecule has 7 heteroatoms. The summed E-state index contributed by atoms with van der Waals surface area (Å²) in [7, 11) is 4.33. The second-order valence-electron chi connectivity index (χ2n) is 7.37. The monoisotopic (exact) mass is 509 g/mol. The zero-order valence-electron chi connectivity index (χ0n) is 17.3. The molecule has 3 rings (SSSR count). The van der Waals surface area contributed by atoms with Gasteiger partial charge in [-0.05, 0) is 64.3 Å². The van der Waals surface area contributed by atoms with Gasteiger partial charge in [-0.3, -0.25) is 4.99 Å². The van der Waals surface area contributed by atoms with E-state index in [0.29, 0.717) is 18.5 Å². The lowest BCUT2D eigenvalue weighted by atomic mass is 10.0. The van der Waals surface area contributed by atoms with Gasteiger partial charge in [-0.1, -0.05) is 24.3 Å². The number of hydrogen-bond acceptors (Lipinski definition) is 4. The average molecular weight is 509 g/mol. The molecule has 0 atom stereocenters. The van der Waals surface area contributed by atoms with E-state index in [2.05, 4.69) is 34.2 Å². The molecule has 3 N–H and O–H groups in total. The summed E-state index contributed by atoms with van der Waals surface area (Å²) in [6.07, 6.45) is 2.44. The normalized spacial score (nSPS) is 15.8. The number of hydrogen-bond donors (Lipinski definition) is 2. The molecular weight excluding hydrogens is 477 g/mol. The molecule has 0 bridgehead atoms. The molecule has 0 saturated carbocycles. The molecule has 2 aromatic carbocycles. The van der Waals surface area contributed by atoms with Crippen molar-refractivity contribution in [1.29, 1.82) is 0 Å². The third-order valence-corrected chi connectivity index (χ3v) is 5.07. The van der Waals surface area contributed by atoms with Crippen LogP contribution in [-0.4, -0.2) is 62.1 Å². The van der Waals surface area contributed by atoms with Crippen LogP contribution in [-0.2, 0) is 0 Å². The number of para-hydroxylation sites is 1. The smallest absolute Gasteiger partial charge is 0.193 e. The maximum atomic E-state index is 6.06. The lowest BCUT2D eigenvalue weighted by Crippen LogP contribution is -2.42. The summed E-state index contributed by atoms with van der Waals surface area (Å²) in [5, 5.41) is 3.15. The van der Waals surface area contributed by atoms with Crippen molar-refractivity contribution in [2.45, 2.75) is 18.9 Å². The second kappa shape index (κ2) is 12.0. The quantitative estimate of drug-likeness (QED) is 0.337. The Morgan fingerprint density at radius 3 is 2.48 bits per heavy atom. The number of aliphatic imine (C=N–C) groups is 1. The molecule has 0 aromatic heterocycles. The van der Waals surface area contributed by atoms with Crippen LogP contribution in [0.3, 0.4) is 0 Å². The van der Waals surface area contributed by atoms with Gasteiger partial charge in [-0.2, -0.15) is 0 Å². The molecule has 1 aliphatic rings. The standard InChI is InChI=1S/C22H31N5O.HI/c1-26(2)19-11-14-27(15-12-19)16-13-24-22(23)25-18-7-6-10-21(17-18)28-20-8-4-3-5-9-20;/h3-10,17,19H,11-16H2,1-2H3,(H3,23,24,25);1H. The van der Waals surface area contributed by atoms with Crippen molar-refractivity contribution in [2.24, 2.45) is 10.7 Å². The number of benzene rings is 2. The molecule has 0 radical (unpaired) electrons. The maximum Gasteiger partial charge on any atom is 0.193 e. The largest absolute Gasteiger partial charge is 0.457 e. The average Bonchev–Trinajstić information content (AvgIpc) is 2.69. The fourth-order valence-corrected chi connectivity index (χ4v) is 3.42. The van der Waals surface area contributed by atoms with Crippen molar-refractivity contribution in [3.05, 3.63) is 54.6 Å². The Bertz CT molecular complexity index is 761. The molecule has 1 heterocycles. The number of nitrogens with zero attached hydrogens (tertiary/aromatic N) is 3. The third-order valence-electron chi connectivity index (χ3n) is 5.07. The van der Waals surface area contributed by atoms with Gasteiger partial charge in [0.25, 0.3) is 0 Å². The Hall–Kier alpha value is -1.84. The van der Waals surface area contributed by atoms with E-state index in [9.17, 15) is 0 Å². The number of rotatable bonds is 7. The molecule has 1 fully saturated rings. The Morgan fingerprint density at radius 2 is 1.79 bits per heavy atom. The third kappa shape index (κ3) is 7.83. The summed E-state index contributed by atoms with van der Waals surface area (Å²) in [6.45, 7) is 3.90. The first-order valence-corrected chi connectivity index (χ1v) is 9.89. The molecule has 29 heavy (non-hydrogen) atoms. The van der Waals surface area contributed by atoms with Crippen molar-refractivity contribution in [2.75, 3.05) is 45.6 Å². The summed E-state index contributed by atoms with van der Waals surface area (Å²) in [5.74, 6) is 1.99. The maximum absolute atomic E-state index is 6.06. The fraction of sp³-hybridized carbons (Fsp3) is 0.409. The van der Waals surface area contributed by atoms with Crippen LogP contribution in [0, 0.1) is 0 Å². The van der Waals surface area contributed by atoms with Crippen LogP contribution >= 0.6 is 24.0 Å². The summed E-state index contributed by atoms with van der Waals surface area (Å²) in [6, 6.07) is 18.1. The molecular formula is C22H32IN5O. The number of guanidine groups is 1. The lowest BCUT2D eigenvalue weighted by molar-refractivity contribution is 0.148. The summed E-state index contributed by atoms with van der Waals surface area (Å²) in [4.78, 5) is 9.26. The van der Waals surface area contributed by atoms with Gasteiger partial charge >= 0.3 is 0 Å². The van der Waals surface area contributed by atoms with Crippen LogP contribution in [0.4, 0.5) is 5.69 Å². The predicted octanol–water partition coefficient (Wildman–Crippen LogP) is 3.85. The van der Waals surface area contributed by atoms with E-state index >= 15 is 0 Å². The van der Waals surface area contributed by atoms with E-state index in [1.54, 1.807) is 0 Å². The van der Waals surface area contributed by atoms with Gasteiger partial charge in [-0.15, -0.1) is 24.0 Å². The Labute approximate surface area is 191 Å². The highest BCUT2D eigenvalue weighted by atomic mass is 127. The molecule has 1 saturated heterocycles. The molecule has 6 nitrogen and oxygen atoms in total. The SMILES string of the molecule is CN(C)C1CCN(CCN=C(N)Nc2cccc(Oc3ccccc3)c2)CC1.I.